The molecule has 2 bridgehead atoms. The average Bonchev–Trinajstić information content (AvgIpc) is 3.06. The molecule has 0 aliphatic carbocycles. The number of fused-ring (bicyclic) bond motifs is 4. The van der Waals surface area contributed by atoms with Gasteiger partial charge in [0.1, 0.15) is 29.6 Å². The van der Waals surface area contributed by atoms with Gasteiger partial charge >= 0.3 is 0 Å². The molecule has 10 heteroatoms. The first-order valence-corrected chi connectivity index (χ1v) is 12.4. The fourth-order valence-corrected chi connectivity index (χ4v) is 5.08. The number of benzene rings is 2. The minimum Gasteiger partial charge on any atom is -0.483 e. The Hall–Kier alpha value is -4.08. The van der Waals surface area contributed by atoms with E-state index in [1.807, 2.05) is 25.1 Å². The molecule has 0 unspecified atom stereocenters. The Kier molecular flexibility index (Phi) is 6.96. The lowest BCUT2D eigenvalue weighted by Gasteiger charge is -2.37. The number of ether oxygens (including phenoxy) is 1. The number of amides is 2. The van der Waals surface area contributed by atoms with Crippen molar-refractivity contribution in [3.63, 3.8) is 0 Å². The first-order chi connectivity index (χ1) is 18.2. The molecule has 0 spiro atoms. The molecule has 2 atom stereocenters. The zero-order valence-corrected chi connectivity index (χ0v) is 20.7. The lowest BCUT2D eigenvalue weighted by Crippen LogP contribution is -2.47. The predicted octanol–water partition coefficient (Wildman–Crippen LogP) is 4.34. The first-order valence-electron chi connectivity index (χ1n) is 12.4. The molecule has 1 saturated heterocycles. The molecule has 0 saturated carbocycles. The van der Waals surface area contributed by atoms with Gasteiger partial charge in [0, 0.05) is 43.0 Å². The first kappa shape index (κ1) is 25.6. The van der Waals surface area contributed by atoms with E-state index in [9.17, 15) is 27.6 Å². The summed E-state index contributed by atoms with van der Waals surface area (Å²) < 4.78 is 49.0. The maximum Gasteiger partial charge on any atom is 0.274 e. The molecule has 3 aromatic rings. The second-order valence-electron chi connectivity index (χ2n) is 9.65. The van der Waals surface area contributed by atoms with Crippen LogP contribution >= 0.6 is 0 Å². The summed E-state index contributed by atoms with van der Waals surface area (Å²) in [5.41, 5.74) is -0.814. The summed E-state index contributed by atoms with van der Waals surface area (Å²) in [6.45, 7) is 1.79. The average molecular weight is 526 g/mol. The molecule has 1 aromatic heterocycles. The van der Waals surface area contributed by atoms with Crippen molar-refractivity contribution in [2.45, 2.75) is 51.4 Å². The third-order valence-corrected chi connectivity index (χ3v) is 7.15. The second-order valence-corrected chi connectivity index (χ2v) is 9.65. The van der Waals surface area contributed by atoms with Gasteiger partial charge < -0.3 is 19.5 Å². The topological polar surface area (TPSA) is 80.6 Å². The Morgan fingerprint density at radius 3 is 2.50 bits per heavy atom. The van der Waals surface area contributed by atoms with E-state index in [4.69, 9.17) is 4.74 Å². The van der Waals surface area contributed by atoms with Crippen LogP contribution in [0.1, 0.15) is 64.2 Å². The minimum absolute atomic E-state index is 0.00630. The Bertz CT molecular complexity index is 1430. The molecule has 1 fully saturated rings. The van der Waals surface area contributed by atoms with E-state index in [-0.39, 0.29) is 41.6 Å². The van der Waals surface area contributed by atoms with Gasteiger partial charge in [-0.3, -0.25) is 14.4 Å². The van der Waals surface area contributed by atoms with Gasteiger partial charge in [-0.2, -0.15) is 0 Å². The largest absolute Gasteiger partial charge is 0.483 e. The quantitative estimate of drug-likeness (QED) is 0.519. The van der Waals surface area contributed by atoms with Crippen molar-refractivity contribution in [2.24, 2.45) is 0 Å². The maximum atomic E-state index is 14.1. The van der Waals surface area contributed by atoms with Crippen LogP contribution in [-0.2, 0) is 13.2 Å². The third kappa shape index (κ3) is 4.78. The predicted molar refractivity (Wildman–Crippen MR) is 132 cm³/mol. The van der Waals surface area contributed by atoms with E-state index < -0.39 is 40.9 Å². The van der Waals surface area contributed by atoms with Gasteiger partial charge in [0.25, 0.3) is 11.8 Å². The Morgan fingerprint density at radius 1 is 1.08 bits per heavy atom. The number of nitrogens with zero attached hydrogens (tertiary/aromatic N) is 2. The number of halogens is 3. The van der Waals surface area contributed by atoms with E-state index in [1.165, 1.54) is 6.20 Å². The van der Waals surface area contributed by atoms with Crippen molar-refractivity contribution in [2.75, 3.05) is 6.54 Å². The standard InChI is InChI=1S/C28H26F3N3O4/c1-16-6-5-9-19-13-33(16)28(37)24-26(38-15-17-7-3-2-4-8-17)25(35)21(14-34(19)24)27(36)32-12-20-22(30)10-18(29)11-23(20)31/h2-4,7-8,10-11,14,16,19H,5-6,9,12-13,15H2,1H3,(H,32,36)/t16-,19-/m0/s1. The third-order valence-electron chi connectivity index (χ3n) is 7.15. The highest BCUT2D eigenvalue weighted by atomic mass is 19.1. The number of rotatable bonds is 6. The van der Waals surface area contributed by atoms with Gasteiger partial charge in [-0.25, -0.2) is 13.2 Å². The highest BCUT2D eigenvalue weighted by molar-refractivity contribution is 5.99. The molecular weight excluding hydrogens is 499 g/mol. The van der Waals surface area contributed by atoms with Crippen LogP contribution < -0.4 is 15.5 Å². The van der Waals surface area contributed by atoms with Gasteiger partial charge in [0.15, 0.2) is 11.4 Å². The molecule has 5 rings (SSSR count). The molecule has 38 heavy (non-hydrogen) atoms. The number of aromatic nitrogens is 1. The molecule has 7 nitrogen and oxygen atoms in total. The zero-order chi connectivity index (χ0) is 27.0. The molecule has 0 radical (unpaired) electrons. The van der Waals surface area contributed by atoms with Crippen LogP contribution in [0.25, 0.3) is 0 Å². The number of hydrogen-bond donors (Lipinski definition) is 1. The lowest BCUT2D eigenvalue weighted by atomic mass is 10.1. The Balaban J connectivity index is 1.54. The number of hydrogen-bond acceptors (Lipinski definition) is 4. The molecule has 2 amide bonds. The highest BCUT2D eigenvalue weighted by Gasteiger charge is 2.39. The molecular formula is C28H26F3N3O4. The molecule has 2 aromatic carbocycles. The summed E-state index contributed by atoms with van der Waals surface area (Å²) in [5, 5.41) is 2.35. The van der Waals surface area contributed by atoms with E-state index >= 15 is 0 Å². The van der Waals surface area contributed by atoms with E-state index in [1.54, 1.807) is 21.6 Å². The van der Waals surface area contributed by atoms with Crippen molar-refractivity contribution < 1.29 is 27.5 Å². The zero-order valence-electron chi connectivity index (χ0n) is 20.7. The number of pyridine rings is 1. The van der Waals surface area contributed by atoms with Crippen molar-refractivity contribution in [1.82, 2.24) is 14.8 Å². The molecule has 2 aliphatic rings. The molecule has 2 aliphatic heterocycles. The smallest absolute Gasteiger partial charge is 0.274 e. The SMILES string of the molecule is C[C@H]1CCC[C@H]2CN1C(=O)c1c(OCc3ccccc3)c(=O)c(C(=O)NCc3c(F)cc(F)cc3F)cn12. The number of carbonyl (C=O) groups excluding carboxylic acids is 2. The summed E-state index contributed by atoms with van der Waals surface area (Å²) in [6.07, 6.45) is 3.72. The Morgan fingerprint density at radius 2 is 1.79 bits per heavy atom. The molecule has 198 valence electrons. The summed E-state index contributed by atoms with van der Waals surface area (Å²) in [4.78, 5) is 42.0. The normalized spacial score (nSPS) is 18.5. The monoisotopic (exact) mass is 525 g/mol. The summed E-state index contributed by atoms with van der Waals surface area (Å²) >= 11 is 0. The number of carbonyl (C=O) groups is 2. The van der Waals surface area contributed by atoms with Crippen LogP contribution in [0.2, 0.25) is 0 Å². The van der Waals surface area contributed by atoms with E-state index in [2.05, 4.69) is 5.32 Å². The summed E-state index contributed by atoms with van der Waals surface area (Å²) in [7, 11) is 0. The van der Waals surface area contributed by atoms with Crippen molar-refractivity contribution in [3.8, 4) is 5.75 Å². The van der Waals surface area contributed by atoms with Crippen molar-refractivity contribution >= 4 is 11.8 Å². The van der Waals surface area contributed by atoms with Crippen LogP contribution in [0.15, 0.2) is 53.5 Å². The Labute approximate surface area is 216 Å². The van der Waals surface area contributed by atoms with Crippen LogP contribution in [0, 0.1) is 17.5 Å². The van der Waals surface area contributed by atoms with Crippen LogP contribution in [0.4, 0.5) is 13.2 Å². The summed E-state index contributed by atoms with van der Waals surface area (Å²) in [6, 6.07) is 9.90. The van der Waals surface area contributed by atoms with Crippen LogP contribution in [0.5, 0.6) is 5.75 Å². The lowest BCUT2D eigenvalue weighted by molar-refractivity contribution is 0.0601. The van der Waals surface area contributed by atoms with Gasteiger partial charge in [0.05, 0.1) is 6.04 Å². The van der Waals surface area contributed by atoms with Gasteiger partial charge in [-0.1, -0.05) is 30.3 Å². The summed E-state index contributed by atoms with van der Waals surface area (Å²) in [5.74, 6) is -4.88. The van der Waals surface area contributed by atoms with Gasteiger partial charge in [-0.15, -0.1) is 0 Å². The minimum atomic E-state index is -1.16. The van der Waals surface area contributed by atoms with Crippen LogP contribution in [0.3, 0.4) is 0 Å². The van der Waals surface area contributed by atoms with Crippen LogP contribution in [-0.4, -0.2) is 33.9 Å². The number of nitrogens with one attached hydrogen (secondary N) is 1. The van der Waals surface area contributed by atoms with E-state index in [0.717, 1.165) is 24.8 Å². The van der Waals surface area contributed by atoms with Gasteiger partial charge in [0.2, 0.25) is 5.43 Å². The highest BCUT2D eigenvalue weighted by Crippen LogP contribution is 2.34. The van der Waals surface area contributed by atoms with E-state index in [0.29, 0.717) is 18.7 Å². The van der Waals surface area contributed by atoms with Crippen molar-refractivity contribution in [3.05, 3.63) is 98.7 Å². The maximum absolute atomic E-state index is 14.1. The fourth-order valence-electron chi connectivity index (χ4n) is 5.08. The van der Waals surface area contributed by atoms with Gasteiger partial charge in [-0.05, 0) is 31.7 Å². The fraction of sp³-hybridized carbons (Fsp3) is 0.321. The molecule has 1 N–H and O–H groups in total. The molecule has 3 heterocycles. The van der Waals surface area contributed by atoms with Crippen molar-refractivity contribution in [1.29, 1.82) is 0 Å². The second kappa shape index (κ2) is 10.4.